The van der Waals surface area contributed by atoms with Crippen molar-refractivity contribution in [2.45, 2.75) is 19.3 Å². The van der Waals surface area contributed by atoms with Gasteiger partial charge in [0.2, 0.25) is 0 Å². The molecule has 5 nitrogen and oxygen atoms in total. The molecule has 0 bridgehead atoms. The summed E-state index contributed by atoms with van der Waals surface area (Å²) in [5, 5.41) is 10.7. The number of halogens is 1. The first-order valence-electron chi connectivity index (χ1n) is 9.26. The van der Waals surface area contributed by atoms with Gasteiger partial charge in [-0.3, -0.25) is 19.8 Å². The fourth-order valence-electron chi connectivity index (χ4n) is 3.58. The summed E-state index contributed by atoms with van der Waals surface area (Å²) in [6.45, 7) is 6.42. The molecule has 1 aliphatic rings. The number of likely N-dealkylation sites (tertiary alicyclic amines) is 1. The Bertz CT molecular complexity index is 813. The van der Waals surface area contributed by atoms with E-state index in [0.717, 1.165) is 32.4 Å². The van der Waals surface area contributed by atoms with Gasteiger partial charge in [-0.05, 0) is 56.0 Å². The fourth-order valence-corrected chi connectivity index (χ4v) is 3.58. The average Bonchev–Trinajstić information content (AvgIpc) is 2.69. The Labute approximate surface area is 171 Å². The summed E-state index contributed by atoms with van der Waals surface area (Å²) in [6, 6.07) is 16.3. The van der Waals surface area contributed by atoms with Crippen LogP contribution in [0.5, 0.6) is 0 Å². The van der Waals surface area contributed by atoms with Crippen LogP contribution in [0.1, 0.15) is 28.8 Å². The number of hydrogen-bond acceptors (Lipinski definition) is 4. The molecule has 28 heavy (non-hydrogen) atoms. The van der Waals surface area contributed by atoms with Crippen molar-refractivity contribution >= 4 is 11.5 Å². The molecule has 1 aliphatic heterocycles. The molecule has 0 N–H and O–H groups in total. The third kappa shape index (κ3) is 5.75. The summed E-state index contributed by atoms with van der Waals surface area (Å²) in [5.74, 6) is 0.540. The van der Waals surface area contributed by atoms with E-state index in [2.05, 4.69) is 35.7 Å². The first-order chi connectivity index (χ1) is 13.0. The van der Waals surface area contributed by atoms with Gasteiger partial charge in [-0.15, -0.1) is 0 Å². The van der Waals surface area contributed by atoms with Crippen LogP contribution in [0, 0.1) is 16.0 Å². The zero-order valence-electron chi connectivity index (χ0n) is 15.7. The molecule has 2 aromatic carbocycles. The Morgan fingerprint density at radius 2 is 1.68 bits per heavy atom. The molecule has 0 unspecified atom stereocenters. The molecule has 1 heterocycles. The van der Waals surface area contributed by atoms with Crippen LogP contribution < -0.4 is 12.4 Å². The van der Waals surface area contributed by atoms with Gasteiger partial charge in [0.05, 0.1) is 4.92 Å². The molecule has 0 amide bonds. The minimum atomic E-state index is -0.470. The van der Waals surface area contributed by atoms with Gasteiger partial charge in [0.1, 0.15) is 0 Å². The Morgan fingerprint density at radius 1 is 1.07 bits per heavy atom. The molecule has 148 valence electrons. The number of piperidine rings is 1. The summed E-state index contributed by atoms with van der Waals surface area (Å²) in [5.41, 5.74) is 2.35. The lowest BCUT2D eigenvalue weighted by molar-refractivity contribution is -0.384. The molecule has 1 saturated heterocycles. The Morgan fingerprint density at radius 3 is 2.25 bits per heavy atom. The smallest absolute Gasteiger partial charge is 0.269 e. The number of nitro benzene ring substituents is 1. The minimum Gasteiger partial charge on any atom is -1.00 e. The largest absolute Gasteiger partial charge is 1.00 e. The number of nitrogens with zero attached hydrogens (tertiary/aromatic N) is 2. The number of Topliss-reactive ketones (excluding diaryl/α,β-unsaturated/α-hetero) is 1. The second kappa shape index (κ2) is 10.2. The number of ketones is 1. The second-order valence-electron chi connectivity index (χ2n) is 7.15. The van der Waals surface area contributed by atoms with E-state index in [9.17, 15) is 14.9 Å². The van der Waals surface area contributed by atoms with Crippen LogP contribution in [-0.2, 0) is 6.42 Å². The average molecular weight is 400 g/mol. The van der Waals surface area contributed by atoms with Crippen molar-refractivity contribution in [2.75, 3.05) is 19.6 Å². The lowest BCUT2D eigenvalue weighted by Crippen LogP contribution is -3.00. The van der Waals surface area contributed by atoms with Crippen molar-refractivity contribution in [2.24, 2.45) is 5.92 Å². The minimum absolute atomic E-state index is 0. The number of hydrogen-bond donors (Lipinski definition) is 0. The van der Waals surface area contributed by atoms with Crippen molar-refractivity contribution < 1.29 is 22.1 Å². The highest BCUT2D eigenvalue weighted by molar-refractivity contribution is 6.08. The standard InChI is InChI=1S/C22H24N2O3.ClH/c1-17(22(25)20-7-9-21(10-8-20)24(26)27)16-23-13-11-19(12-14-23)15-18-5-3-2-4-6-18;/h2-10,19H,1,11-16H2;1H/p-1. The molecule has 0 aliphatic carbocycles. The van der Waals surface area contributed by atoms with Crippen LogP contribution in [0.15, 0.2) is 66.7 Å². The third-order valence-electron chi connectivity index (χ3n) is 5.15. The van der Waals surface area contributed by atoms with Crippen LogP contribution in [-0.4, -0.2) is 35.2 Å². The van der Waals surface area contributed by atoms with Crippen LogP contribution >= 0.6 is 0 Å². The predicted molar refractivity (Wildman–Crippen MR) is 106 cm³/mol. The predicted octanol–water partition coefficient (Wildman–Crippen LogP) is 1.29. The number of non-ortho nitro benzene ring substituents is 1. The molecule has 3 rings (SSSR count). The zero-order chi connectivity index (χ0) is 19.2. The molecule has 0 aromatic heterocycles. The van der Waals surface area contributed by atoms with Crippen LogP contribution in [0.4, 0.5) is 5.69 Å². The van der Waals surface area contributed by atoms with E-state index < -0.39 is 4.92 Å². The van der Waals surface area contributed by atoms with E-state index in [1.807, 2.05) is 6.07 Å². The van der Waals surface area contributed by atoms with Crippen molar-refractivity contribution in [3.8, 4) is 0 Å². The summed E-state index contributed by atoms with van der Waals surface area (Å²) in [7, 11) is 0. The Hall–Kier alpha value is -2.50. The van der Waals surface area contributed by atoms with E-state index in [0.29, 0.717) is 23.6 Å². The number of carbonyl (C=O) groups is 1. The maximum atomic E-state index is 12.5. The van der Waals surface area contributed by atoms with E-state index in [4.69, 9.17) is 0 Å². The normalized spacial score (nSPS) is 14.9. The maximum absolute atomic E-state index is 12.5. The summed E-state index contributed by atoms with van der Waals surface area (Å²) < 4.78 is 0. The van der Waals surface area contributed by atoms with Gasteiger partial charge < -0.3 is 12.4 Å². The first kappa shape index (κ1) is 21.8. The van der Waals surface area contributed by atoms with Gasteiger partial charge in [-0.25, -0.2) is 0 Å². The van der Waals surface area contributed by atoms with Gasteiger partial charge >= 0.3 is 0 Å². The SMILES string of the molecule is C=C(CN1CCC(Cc2ccccc2)CC1)C(=O)c1ccc([N+](=O)[O-])cc1.[Cl-]. The number of benzene rings is 2. The molecule has 6 heteroatoms. The topological polar surface area (TPSA) is 63.5 Å². The van der Waals surface area contributed by atoms with E-state index in [-0.39, 0.29) is 23.9 Å². The van der Waals surface area contributed by atoms with Crippen molar-refractivity contribution in [3.63, 3.8) is 0 Å². The van der Waals surface area contributed by atoms with Crippen LogP contribution in [0.25, 0.3) is 0 Å². The monoisotopic (exact) mass is 399 g/mol. The zero-order valence-corrected chi connectivity index (χ0v) is 16.5. The molecule has 2 aromatic rings. The Kier molecular flexibility index (Phi) is 7.91. The number of carbonyl (C=O) groups excluding carboxylic acids is 1. The van der Waals surface area contributed by atoms with E-state index in [1.165, 1.54) is 29.8 Å². The Balaban J connectivity index is 0.00000280. The van der Waals surface area contributed by atoms with Gasteiger partial charge in [0.25, 0.3) is 5.69 Å². The van der Waals surface area contributed by atoms with Crippen LogP contribution in [0.2, 0.25) is 0 Å². The van der Waals surface area contributed by atoms with Crippen molar-refractivity contribution in [3.05, 3.63) is 88.0 Å². The maximum Gasteiger partial charge on any atom is 0.269 e. The fraction of sp³-hybridized carbons (Fsp3) is 0.318. The highest BCUT2D eigenvalue weighted by Gasteiger charge is 2.21. The highest BCUT2D eigenvalue weighted by Crippen LogP contribution is 2.23. The number of rotatable bonds is 7. The number of nitro groups is 1. The van der Waals surface area contributed by atoms with Crippen molar-refractivity contribution in [1.29, 1.82) is 0 Å². The van der Waals surface area contributed by atoms with Gasteiger partial charge in [-0.1, -0.05) is 36.9 Å². The van der Waals surface area contributed by atoms with Crippen LogP contribution in [0.3, 0.4) is 0 Å². The lowest BCUT2D eigenvalue weighted by atomic mass is 9.90. The summed E-state index contributed by atoms with van der Waals surface area (Å²) in [4.78, 5) is 25.0. The molecule has 0 radical (unpaired) electrons. The quantitative estimate of drug-likeness (QED) is 0.304. The highest BCUT2D eigenvalue weighted by atomic mass is 35.5. The molecule has 1 fully saturated rings. The van der Waals surface area contributed by atoms with Gasteiger partial charge in [0, 0.05) is 29.8 Å². The second-order valence-corrected chi connectivity index (χ2v) is 7.15. The van der Waals surface area contributed by atoms with Gasteiger partial charge in [-0.2, -0.15) is 0 Å². The van der Waals surface area contributed by atoms with E-state index in [1.54, 1.807) is 0 Å². The summed E-state index contributed by atoms with van der Waals surface area (Å²) >= 11 is 0. The molecule has 0 atom stereocenters. The van der Waals surface area contributed by atoms with Gasteiger partial charge in [0.15, 0.2) is 5.78 Å². The third-order valence-corrected chi connectivity index (χ3v) is 5.15. The molecular formula is C22H24ClN2O3-. The van der Waals surface area contributed by atoms with Crippen molar-refractivity contribution in [1.82, 2.24) is 4.90 Å². The summed E-state index contributed by atoms with van der Waals surface area (Å²) in [6.07, 6.45) is 3.35. The molecule has 0 spiro atoms. The first-order valence-corrected chi connectivity index (χ1v) is 9.26. The lowest BCUT2D eigenvalue weighted by Gasteiger charge is -2.32. The van der Waals surface area contributed by atoms with E-state index >= 15 is 0 Å². The molecule has 0 saturated carbocycles. The molecular weight excluding hydrogens is 376 g/mol.